The highest BCUT2D eigenvalue weighted by atomic mass is 16.5. The van der Waals surface area contributed by atoms with E-state index in [2.05, 4.69) is 15.6 Å². The average Bonchev–Trinajstić information content (AvgIpc) is 2.80. The number of hydrogen-bond acceptors (Lipinski definition) is 3. The lowest BCUT2D eigenvalue weighted by molar-refractivity contribution is -0.128. The molecule has 0 aliphatic heterocycles. The van der Waals surface area contributed by atoms with Crippen LogP contribution in [0.1, 0.15) is 51.9 Å². The van der Waals surface area contributed by atoms with E-state index in [0.717, 1.165) is 12.5 Å². The smallest absolute Gasteiger partial charge is 0.223 e. The fourth-order valence-electron chi connectivity index (χ4n) is 2.64. The van der Waals surface area contributed by atoms with E-state index in [4.69, 9.17) is 4.74 Å². The van der Waals surface area contributed by atoms with Crippen LogP contribution >= 0.6 is 0 Å². The number of carbonyl (C=O) groups is 1. The molecule has 0 aromatic heterocycles. The lowest BCUT2D eigenvalue weighted by Gasteiger charge is -2.15. The molecule has 0 heterocycles. The summed E-state index contributed by atoms with van der Waals surface area (Å²) in [5.74, 6) is 0.869. The van der Waals surface area contributed by atoms with Gasteiger partial charge in [0.05, 0.1) is 19.3 Å². The van der Waals surface area contributed by atoms with Crippen LogP contribution in [0.25, 0.3) is 0 Å². The largest absolute Gasteiger partial charge is 0.376 e. The predicted molar refractivity (Wildman–Crippen MR) is 94.7 cm³/mol. The summed E-state index contributed by atoms with van der Waals surface area (Å²) in [6.45, 7) is 4.73. The minimum atomic E-state index is 0.116. The quantitative estimate of drug-likeness (QED) is 0.309. The summed E-state index contributed by atoms with van der Waals surface area (Å²) in [5.41, 5.74) is 0. The first-order chi connectivity index (χ1) is 11.1. The second-order valence-electron chi connectivity index (χ2n) is 6.21. The van der Waals surface area contributed by atoms with Crippen LogP contribution in [-0.2, 0) is 9.53 Å². The molecule has 1 saturated carbocycles. The summed E-state index contributed by atoms with van der Waals surface area (Å²) in [4.78, 5) is 17.7. The Morgan fingerprint density at radius 2 is 1.87 bits per heavy atom. The fourth-order valence-corrected chi connectivity index (χ4v) is 2.64. The first kappa shape index (κ1) is 19.7. The summed E-state index contributed by atoms with van der Waals surface area (Å²) in [5, 5.41) is 6.38. The van der Waals surface area contributed by atoms with Crippen LogP contribution in [-0.4, -0.2) is 63.2 Å². The Morgan fingerprint density at radius 3 is 2.48 bits per heavy atom. The monoisotopic (exact) mass is 326 g/mol. The first-order valence-corrected chi connectivity index (χ1v) is 8.97. The van der Waals surface area contributed by atoms with Gasteiger partial charge in [-0.1, -0.05) is 25.7 Å². The molecule has 23 heavy (non-hydrogen) atoms. The van der Waals surface area contributed by atoms with Crippen LogP contribution in [0.2, 0.25) is 0 Å². The highest BCUT2D eigenvalue weighted by molar-refractivity contribution is 5.81. The molecule has 1 aliphatic rings. The van der Waals surface area contributed by atoms with Crippen LogP contribution < -0.4 is 10.6 Å². The van der Waals surface area contributed by atoms with Crippen LogP contribution in [0.3, 0.4) is 0 Å². The fraction of sp³-hybridized carbons (Fsp3) is 0.882. The van der Waals surface area contributed by atoms with Gasteiger partial charge < -0.3 is 20.3 Å². The molecule has 0 radical (unpaired) electrons. The summed E-state index contributed by atoms with van der Waals surface area (Å²) < 4.78 is 5.94. The Bertz CT molecular complexity index is 351. The van der Waals surface area contributed by atoms with E-state index in [1.165, 1.54) is 38.5 Å². The highest BCUT2D eigenvalue weighted by Gasteiger charge is 2.12. The Hall–Kier alpha value is -1.30. The molecule has 0 atom stereocenters. The molecule has 1 rings (SSSR count). The molecule has 2 N–H and O–H groups in total. The molecule has 1 fully saturated rings. The van der Waals surface area contributed by atoms with Crippen molar-refractivity contribution in [1.82, 2.24) is 15.5 Å². The second kappa shape index (κ2) is 12.2. The number of rotatable bonds is 8. The number of nitrogens with one attached hydrogen (secondary N) is 2. The molecule has 0 saturated heterocycles. The second-order valence-corrected chi connectivity index (χ2v) is 6.21. The van der Waals surface area contributed by atoms with Gasteiger partial charge in [-0.3, -0.25) is 9.79 Å². The van der Waals surface area contributed by atoms with Crippen LogP contribution in [0.4, 0.5) is 0 Å². The number of ether oxygens (including phenoxy) is 1. The van der Waals surface area contributed by atoms with Crippen LogP contribution in [0, 0.1) is 0 Å². The molecule has 6 nitrogen and oxygen atoms in total. The zero-order chi connectivity index (χ0) is 16.9. The maximum Gasteiger partial charge on any atom is 0.223 e. The van der Waals surface area contributed by atoms with Gasteiger partial charge in [-0.2, -0.15) is 0 Å². The number of guanidine groups is 1. The lowest BCUT2D eigenvalue weighted by atomic mass is 10.1. The van der Waals surface area contributed by atoms with Gasteiger partial charge in [0.15, 0.2) is 5.96 Å². The molecule has 0 aromatic carbocycles. The summed E-state index contributed by atoms with van der Waals surface area (Å²) in [6, 6.07) is 0. The summed E-state index contributed by atoms with van der Waals surface area (Å²) in [6.07, 6.45) is 8.53. The third-order valence-electron chi connectivity index (χ3n) is 3.99. The Kier molecular flexibility index (Phi) is 10.4. The standard InChI is InChI=1S/C17H34N4O2/c1-4-18-17(19-12-11-16(22)21(2)3)20-13-14-23-15-9-7-5-6-8-10-15/h15H,4-14H2,1-3H3,(H2,18,19,20). The van der Waals surface area contributed by atoms with E-state index in [0.29, 0.717) is 32.2 Å². The number of hydrogen-bond donors (Lipinski definition) is 2. The number of nitrogens with zero attached hydrogens (tertiary/aromatic N) is 2. The predicted octanol–water partition coefficient (Wildman–Crippen LogP) is 1.76. The van der Waals surface area contributed by atoms with Crippen molar-refractivity contribution in [2.75, 3.05) is 40.3 Å². The van der Waals surface area contributed by atoms with Gasteiger partial charge in [0.25, 0.3) is 0 Å². The third-order valence-corrected chi connectivity index (χ3v) is 3.99. The van der Waals surface area contributed by atoms with Gasteiger partial charge in [0, 0.05) is 33.6 Å². The number of aliphatic imine (C=N–C) groups is 1. The molecular weight excluding hydrogens is 292 g/mol. The van der Waals surface area contributed by atoms with E-state index < -0.39 is 0 Å². The van der Waals surface area contributed by atoms with Crippen molar-refractivity contribution in [3.05, 3.63) is 0 Å². The maximum absolute atomic E-state index is 11.6. The average molecular weight is 326 g/mol. The molecule has 0 aromatic rings. The van der Waals surface area contributed by atoms with Gasteiger partial charge >= 0.3 is 0 Å². The van der Waals surface area contributed by atoms with Gasteiger partial charge in [-0.15, -0.1) is 0 Å². The van der Waals surface area contributed by atoms with Crippen LogP contribution in [0.15, 0.2) is 4.99 Å². The molecule has 0 unspecified atom stereocenters. The lowest BCUT2D eigenvalue weighted by Crippen LogP contribution is -2.39. The Morgan fingerprint density at radius 1 is 1.17 bits per heavy atom. The van der Waals surface area contributed by atoms with Crippen molar-refractivity contribution < 1.29 is 9.53 Å². The van der Waals surface area contributed by atoms with E-state index in [9.17, 15) is 4.79 Å². The first-order valence-electron chi connectivity index (χ1n) is 8.97. The Balaban J connectivity index is 2.23. The van der Waals surface area contributed by atoms with Crippen molar-refractivity contribution in [3.8, 4) is 0 Å². The van der Waals surface area contributed by atoms with Gasteiger partial charge in [0.2, 0.25) is 5.91 Å². The van der Waals surface area contributed by atoms with Gasteiger partial charge in [-0.05, 0) is 19.8 Å². The molecular formula is C17H34N4O2. The van der Waals surface area contributed by atoms with E-state index in [-0.39, 0.29) is 5.91 Å². The van der Waals surface area contributed by atoms with Crippen molar-refractivity contribution in [2.24, 2.45) is 4.99 Å². The zero-order valence-electron chi connectivity index (χ0n) is 15.1. The zero-order valence-corrected chi connectivity index (χ0v) is 15.1. The van der Waals surface area contributed by atoms with Gasteiger partial charge in [-0.25, -0.2) is 0 Å². The SMILES string of the molecule is CCNC(=NCCOC1CCCCCC1)NCCC(=O)N(C)C. The van der Waals surface area contributed by atoms with Crippen molar-refractivity contribution in [2.45, 2.75) is 58.0 Å². The highest BCUT2D eigenvalue weighted by Crippen LogP contribution is 2.19. The minimum Gasteiger partial charge on any atom is -0.376 e. The van der Waals surface area contributed by atoms with E-state index in [1.807, 2.05) is 6.92 Å². The van der Waals surface area contributed by atoms with E-state index in [1.54, 1.807) is 19.0 Å². The molecule has 134 valence electrons. The molecule has 1 aliphatic carbocycles. The van der Waals surface area contributed by atoms with Gasteiger partial charge in [0.1, 0.15) is 0 Å². The van der Waals surface area contributed by atoms with Crippen molar-refractivity contribution in [1.29, 1.82) is 0 Å². The van der Waals surface area contributed by atoms with Crippen molar-refractivity contribution >= 4 is 11.9 Å². The molecule has 0 spiro atoms. The molecule has 1 amide bonds. The van der Waals surface area contributed by atoms with Crippen LogP contribution in [0.5, 0.6) is 0 Å². The molecule has 0 bridgehead atoms. The third kappa shape index (κ3) is 9.43. The topological polar surface area (TPSA) is 66.0 Å². The normalized spacial score (nSPS) is 16.7. The summed E-state index contributed by atoms with van der Waals surface area (Å²) in [7, 11) is 3.54. The number of carbonyl (C=O) groups excluding carboxylic acids is 1. The summed E-state index contributed by atoms with van der Waals surface area (Å²) >= 11 is 0. The maximum atomic E-state index is 11.6. The Labute approximate surface area is 141 Å². The number of amides is 1. The molecule has 6 heteroatoms. The van der Waals surface area contributed by atoms with E-state index >= 15 is 0 Å². The van der Waals surface area contributed by atoms with Crippen molar-refractivity contribution in [3.63, 3.8) is 0 Å². The minimum absolute atomic E-state index is 0.116.